The van der Waals surface area contributed by atoms with Gasteiger partial charge in [0.15, 0.2) is 0 Å². The van der Waals surface area contributed by atoms with Crippen molar-refractivity contribution in [2.45, 2.75) is 33.0 Å². The van der Waals surface area contributed by atoms with Gasteiger partial charge in [-0.2, -0.15) is 0 Å². The highest BCUT2D eigenvalue weighted by Crippen LogP contribution is 2.26. The van der Waals surface area contributed by atoms with E-state index in [9.17, 15) is 0 Å². The number of rotatable bonds is 2. The summed E-state index contributed by atoms with van der Waals surface area (Å²) in [5.74, 6) is 1.71. The molecule has 2 atom stereocenters. The van der Waals surface area contributed by atoms with Gasteiger partial charge in [-0.05, 0) is 12.8 Å². The Kier molecular flexibility index (Phi) is 2.86. The van der Waals surface area contributed by atoms with Crippen LogP contribution in [0.15, 0.2) is 11.4 Å². The van der Waals surface area contributed by atoms with Gasteiger partial charge in [-0.25, -0.2) is 5.43 Å². The highest BCUT2D eigenvalue weighted by atomic mass is 15.6. The summed E-state index contributed by atoms with van der Waals surface area (Å²) < 4.78 is 0. The molecule has 0 aliphatic carbocycles. The summed E-state index contributed by atoms with van der Waals surface area (Å²) in [5.41, 5.74) is 10.8. The number of nitrogens with two attached hydrogens (primary N) is 1. The Hall–Kier alpha value is -0.780. The highest BCUT2D eigenvalue weighted by Gasteiger charge is 2.37. The van der Waals surface area contributed by atoms with Gasteiger partial charge in [-0.3, -0.25) is 10.3 Å². The Morgan fingerprint density at radius 2 is 2.27 bits per heavy atom. The van der Waals surface area contributed by atoms with Gasteiger partial charge in [0, 0.05) is 12.1 Å². The van der Waals surface area contributed by atoms with Crippen molar-refractivity contribution < 1.29 is 0 Å². The summed E-state index contributed by atoms with van der Waals surface area (Å²) in [5, 5.41) is 8.73. The third-order valence-corrected chi connectivity index (χ3v) is 3.07. The lowest BCUT2D eigenvalue weighted by Gasteiger charge is -2.28. The smallest absolute Gasteiger partial charge is 0.121 e. The molecule has 0 amide bonds. The fraction of sp³-hybridized carbons (Fsp3) is 0.800. The molecule has 2 aliphatic heterocycles. The standard InChI is InChI=1S/C10H21N5/c1-4-15-10-7(8(14-15)6(2)3)9(11)12-5-13-10/h6,8-9,12-14H,4-5,11H2,1-3H3. The summed E-state index contributed by atoms with van der Waals surface area (Å²) >= 11 is 0. The topological polar surface area (TPSA) is 65.3 Å². The van der Waals surface area contributed by atoms with Gasteiger partial charge in [-0.1, -0.05) is 13.8 Å². The molecule has 0 saturated carbocycles. The first-order valence-electron chi connectivity index (χ1n) is 5.65. The number of nitrogens with zero attached hydrogens (tertiary/aromatic N) is 1. The van der Waals surface area contributed by atoms with Gasteiger partial charge >= 0.3 is 0 Å². The van der Waals surface area contributed by atoms with E-state index in [-0.39, 0.29) is 6.17 Å². The lowest BCUT2D eigenvalue weighted by Crippen LogP contribution is -2.51. The molecule has 5 N–H and O–H groups in total. The normalized spacial score (nSPS) is 30.9. The van der Waals surface area contributed by atoms with Crippen molar-refractivity contribution in [3.63, 3.8) is 0 Å². The third kappa shape index (κ3) is 1.71. The summed E-state index contributed by atoms with van der Waals surface area (Å²) in [4.78, 5) is 0. The average Bonchev–Trinajstić information content (AvgIpc) is 2.58. The second-order valence-electron chi connectivity index (χ2n) is 4.43. The summed E-state index contributed by atoms with van der Waals surface area (Å²) in [7, 11) is 0. The van der Waals surface area contributed by atoms with Crippen molar-refractivity contribution in [1.29, 1.82) is 0 Å². The van der Waals surface area contributed by atoms with Crippen LogP contribution >= 0.6 is 0 Å². The maximum Gasteiger partial charge on any atom is 0.121 e. The largest absolute Gasteiger partial charge is 0.358 e. The van der Waals surface area contributed by atoms with Gasteiger partial charge < -0.3 is 11.1 Å². The van der Waals surface area contributed by atoms with Crippen molar-refractivity contribution in [3.8, 4) is 0 Å². The van der Waals surface area contributed by atoms with Gasteiger partial charge in [0.2, 0.25) is 0 Å². The maximum absolute atomic E-state index is 6.09. The predicted molar refractivity (Wildman–Crippen MR) is 60.3 cm³/mol. The summed E-state index contributed by atoms with van der Waals surface area (Å²) in [6.45, 7) is 8.24. The lowest BCUT2D eigenvalue weighted by molar-refractivity contribution is 0.233. The number of hydrogen-bond acceptors (Lipinski definition) is 5. The van der Waals surface area contributed by atoms with Crippen molar-refractivity contribution in [1.82, 2.24) is 21.1 Å². The molecule has 2 heterocycles. The maximum atomic E-state index is 6.09. The Bertz CT molecular complexity index is 273. The molecule has 0 aromatic rings. The van der Waals surface area contributed by atoms with Crippen LogP contribution in [0.1, 0.15) is 20.8 Å². The van der Waals surface area contributed by atoms with Crippen LogP contribution < -0.4 is 21.8 Å². The first-order chi connectivity index (χ1) is 7.15. The monoisotopic (exact) mass is 211 g/mol. The SMILES string of the molecule is CCN1NC(C(C)C)C2=C1NCNC2N. The fourth-order valence-electron chi connectivity index (χ4n) is 2.26. The van der Waals surface area contributed by atoms with Crippen LogP contribution in [-0.4, -0.2) is 30.4 Å². The molecule has 5 heteroatoms. The third-order valence-electron chi connectivity index (χ3n) is 3.07. The fourth-order valence-corrected chi connectivity index (χ4v) is 2.26. The van der Waals surface area contributed by atoms with E-state index in [1.165, 1.54) is 11.4 Å². The van der Waals surface area contributed by atoms with E-state index in [1.807, 2.05) is 0 Å². The van der Waals surface area contributed by atoms with Gasteiger partial charge in [0.25, 0.3) is 0 Å². The van der Waals surface area contributed by atoms with Crippen LogP contribution in [0.4, 0.5) is 0 Å². The Balaban J connectivity index is 2.30. The zero-order chi connectivity index (χ0) is 11.0. The molecule has 0 radical (unpaired) electrons. The number of nitrogens with one attached hydrogen (secondary N) is 3. The molecule has 2 unspecified atom stereocenters. The minimum atomic E-state index is -0.0299. The van der Waals surface area contributed by atoms with Crippen LogP contribution in [-0.2, 0) is 0 Å². The minimum Gasteiger partial charge on any atom is -0.358 e. The minimum absolute atomic E-state index is 0.0299. The molecule has 15 heavy (non-hydrogen) atoms. The first kappa shape index (κ1) is 10.7. The molecule has 0 aromatic carbocycles. The molecule has 0 aromatic heterocycles. The van der Waals surface area contributed by atoms with E-state index >= 15 is 0 Å². The Morgan fingerprint density at radius 1 is 1.53 bits per heavy atom. The van der Waals surface area contributed by atoms with Crippen LogP contribution in [0.5, 0.6) is 0 Å². The van der Waals surface area contributed by atoms with Crippen LogP contribution in [0.25, 0.3) is 0 Å². The van der Waals surface area contributed by atoms with Crippen molar-refractivity contribution >= 4 is 0 Å². The predicted octanol–water partition coefficient (Wildman–Crippen LogP) is -0.502. The number of hydrazine groups is 1. The van der Waals surface area contributed by atoms with E-state index in [2.05, 4.69) is 41.8 Å². The molecule has 2 rings (SSSR count). The van der Waals surface area contributed by atoms with Crippen molar-refractivity contribution in [2.24, 2.45) is 11.7 Å². The lowest BCUT2D eigenvalue weighted by atomic mass is 9.95. The second kappa shape index (κ2) is 4.00. The molecular formula is C10H21N5. The Labute approximate surface area is 91.0 Å². The second-order valence-corrected chi connectivity index (χ2v) is 4.43. The number of hydrogen-bond donors (Lipinski definition) is 4. The molecule has 0 saturated heterocycles. The van der Waals surface area contributed by atoms with Crippen molar-refractivity contribution in [3.05, 3.63) is 11.4 Å². The highest BCUT2D eigenvalue weighted by molar-refractivity contribution is 5.29. The van der Waals surface area contributed by atoms with Crippen LogP contribution in [0.3, 0.4) is 0 Å². The Morgan fingerprint density at radius 3 is 2.87 bits per heavy atom. The van der Waals surface area contributed by atoms with E-state index in [0.29, 0.717) is 12.0 Å². The van der Waals surface area contributed by atoms with Gasteiger partial charge in [0.05, 0.1) is 18.9 Å². The van der Waals surface area contributed by atoms with Crippen LogP contribution in [0.2, 0.25) is 0 Å². The summed E-state index contributed by atoms with van der Waals surface area (Å²) in [6.07, 6.45) is -0.0299. The molecule has 2 aliphatic rings. The average molecular weight is 211 g/mol. The molecule has 0 spiro atoms. The van der Waals surface area contributed by atoms with Crippen molar-refractivity contribution in [2.75, 3.05) is 13.2 Å². The molecule has 5 nitrogen and oxygen atoms in total. The molecule has 0 fully saturated rings. The van der Waals surface area contributed by atoms with Gasteiger partial charge in [0.1, 0.15) is 5.82 Å². The molecule has 0 bridgehead atoms. The van der Waals surface area contributed by atoms with E-state index in [0.717, 1.165) is 13.2 Å². The first-order valence-corrected chi connectivity index (χ1v) is 5.65. The van der Waals surface area contributed by atoms with Crippen LogP contribution in [0, 0.1) is 5.92 Å². The molecular weight excluding hydrogens is 190 g/mol. The summed E-state index contributed by atoms with van der Waals surface area (Å²) in [6, 6.07) is 0.343. The van der Waals surface area contributed by atoms with Gasteiger partial charge in [-0.15, -0.1) is 0 Å². The zero-order valence-corrected chi connectivity index (χ0v) is 9.67. The van der Waals surface area contributed by atoms with E-state index < -0.39 is 0 Å². The van der Waals surface area contributed by atoms with E-state index in [4.69, 9.17) is 5.73 Å². The molecule has 86 valence electrons. The zero-order valence-electron chi connectivity index (χ0n) is 9.67. The van der Waals surface area contributed by atoms with E-state index in [1.54, 1.807) is 0 Å². The quantitative estimate of drug-likeness (QED) is 0.496.